The zero-order valence-electron chi connectivity index (χ0n) is 13.3. The topological polar surface area (TPSA) is 47.6 Å². The SMILES string of the molecule is Cc1ccccc1C1(CNC(=O)C2CCCO2)CCOCC1. The number of hydrogen-bond acceptors (Lipinski definition) is 3. The number of ether oxygens (including phenoxy) is 2. The molecule has 2 aliphatic heterocycles. The quantitative estimate of drug-likeness (QED) is 0.929. The molecule has 0 aromatic heterocycles. The summed E-state index contributed by atoms with van der Waals surface area (Å²) >= 11 is 0. The van der Waals surface area contributed by atoms with Gasteiger partial charge in [0, 0.05) is 31.8 Å². The molecule has 0 aliphatic carbocycles. The average Bonchev–Trinajstić information content (AvgIpc) is 3.08. The van der Waals surface area contributed by atoms with E-state index in [1.54, 1.807) is 0 Å². The molecule has 0 spiro atoms. The number of aryl methyl sites for hydroxylation is 1. The van der Waals surface area contributed by atoms with Crippen LogP contribution in [0.15, 0.2) is 24.3 Å². The molecule has 0 radical (unpaired) electrons. The second-order valence-corrected chi connectivity index (χ2v) is 6.43. The van der Waals surface area contributed by atoms with E-state index in [0.29, 0.717) is 13.2 Å². The van der Waals surface area contributed by atoms with Crippen molar-refractivity contribution in [2.75, 3.05) is 26.4 Å². The Balaban J connectivity index is 1.75. The van der Waals surface area contributed by atoms with Gasteiger partial charge in [0.2, 0.25) is 5.91 Å². The summed E-state index contributed by atoms with van der Waals surface area (Å²) in [4.78, 5) is 12.3. The van der Waals surface area contributed by atoms with Crippen molar-refractivity contribution in [3.8, 4) is 0 Å². The summed E-state index contributed by atoms with van der Waals surface area (Å²) in [6.45, 7) is 5.03. The number of rotatable bonds is 4. The van der Waals surface area contributed by atoms with Crippen LogP contribution in [0, 0.1) is 6.92 Å². The fourth-order valence-corrected chi connectivity index (χ4v) is 3.63. The summed E-state index contributed by atoms with van der Waals surface area (Å²) < 4.78 is 11.0. The van der Waals surface area contributed by atoms with Gasteiger partial charge in [-0.1, -0.05) is 24.3 Å². The molecular formula is C18H25NO3. The highest BCUT2D eigenvalue weighted by Crippen LogP contribution is 2.36. The maximum absolute atomic E-state index is 12.3. The number of carbonyl (C=O) groups is 1. The smallest absolute Gasteiger partial charge is 0.249 e. The molecule has 2 heterocycles. The van der Waals surface area contributed by atoms with E-state index in [1.807, 2.05) is 0 Å². The van der Waals surface area contributed by atoms with E-state index >= 15 is 0 Å². The van der Waals surface area contributed by atoms with Gasteiger partial charge in [-0.2, -0.15) is 0 Å². The second-order valence-electron chi connectivity index (χ2n) is 6.43. The van der Waals surface area contributed by atoms with Crippen LogP contribution in [-0.4, -0.2) is 38.4 Å². The number of benzene rings is 1. The molecule has 120 valence electrons. The molecule has 1 N–H and O–H groups in total. The van der Waals surface area contributed by atoms with E-state index < -0.39 is 0 Å². The lowest BCUT2D eigenvalue weighted by atomic mass is 9.72. The Labute approximate surface area is 132 Å². The van der Waals surface area contributed by atoms with E-state index in [9.17, 15) is 4.79 Å². The number of hydrogen-bond donors (Lipinski definition) is 1. The molecule has 22 heavy (non-hydrogen) atoms. The molecule has 1 aromatic carbocycles. The second kappa shape index (κ2) is 6.80. The van der Waals surface area contributed by atoms with Gasteiger partial charge < -0.3 is 14.8 Å². The molecule has 4 heteroatoms. The molecule has 1 unspecified atom stereocenters. The molecule has 2 fully saturated rings. The van der Waals surface area contributed by atoms with E-state index in [4.69, 9.17) is 9.47 Å². The van der Waals surface area contributed by atoms with Crippen LogP contribution in [0.3, 0.4) is 0 Å². The summed E-state index contributed by atoms with van der Waals surface area (Å²) in [5.41, 5.74) is 2.61. The Hall–Kier alpha value is -1.39. The van der Waals surface area contributed by atoms with E-state index in [-0.39, 0.29) is 17.4 Å². The number of nitrogens with one attached hydrogen (secondary N) is 1. The molecular weight excluding hydrogens is 278 g/mol. The fourth-order valence-electron chi connectivity index (χ4n) is 3.63. The molecule has 0 saturated carbocycles. The van der Waals surface area contributed by atoms with Gasteiger partial charge in [-0.15, -0.1) is 0 Å². The van der Waals surface area contributed by atoms with Crippen molar-refractivity contribution in [2.24, 2.45) is 0 Å². The Kier molecular flexibility index (Phi) is 4.79. The van der Waals surface area contributed by atoms with Crippen molar-refractivity contribution in [1.82, 2.24) is 5.32 Å². The third kappa shape index (κ3) is 3.18. The van der Waals surface area contributed by atoms with E-state index in [1.165, 1.54) is 11.1 Å². The molecule has 1 aromatic rings. The predicted octanol–water partition coefficient (Wildman–Crippen LogP) is 2.34. The third-order valence-corrected chi connectivity index (χ3v) is 4.99. The van der Waals surface area contributed by atoms with Gasteiger partial charge in [0.15, 0.2) is 0 Å². The number of carbonyl (C=O) groups excluding carboxylic acids is 1. The summed E-state index contributed by atoms with van der Waals surface area (Å²) in [7, 11) is 0. The van der Waals surface area contributed by atoms with Gasteiger partial charge in [0.05, 0.1) is 0 Å². The normalized spacial score (nSPS) is 24.1. The highest BCUT2D eigenvalue weighted by molar-refractivity contribution is 5.81. The molecule has 2 aliphatic rings. The first kappa shape index (κ1) is 15.5. The largest absolute Gasteiger partial charge is 0.381 e. The van der Waals surface area contributed by atoms with Crippen molar-refractivity contribution in [2.45, 2.75) is 44.1 Å². The van der Waals surface area contributed by atoms with Gasteiger partial charge in [-0.3, -0.25) is 4.79 Å². The lowest BCUT2D eigenvalue weighted by Gasteiger charge is -2.39. The van der Waals surface area contributed by atoms with E-state index in [0.717, 1.165) is 38.9 Å². The van der Waals surface area contributed by atoms with Gasteiger partial charge in [0.1, 0.15) is 6.10 Å². The summed E-state index contributed by atoms with van der Waals surface area (Å²) in [5.74, 6) is 0.0388. The molecule has 0 bridgehead atoms. The molecule has 4 nitrogen and oxygen atoms in total. The minimum absolute atomic E-state index is 0.0160. The highest BCUT2D eigenvalue weighted by atomic mass is 16.5. The first-order valence-corrected chi connectivity index (χ1v) is 8.24. The van der Waals surface area contributed by atoms with Crippen LogP contribution in [0.25, 0.3) is 0 Å². The van der Waals surface area contributed by atoms with Crippen LogP contribution in [0.4, 0.5) is 0 Å². The lowest BCUT2D eigenvalue weighted by molar-refractivity contribution is -0.130. The maximum Gasteiger partial charge on any atom is 0.249 e. The number of amides is 1. The van der Waals surface area contributed by atoms with Gasteiger partial charge in [-0.25, -0.2) is 0 Å². The minimum Gasteiger partial charge on any atom is -0.381 e. The minimum atomic E-state index is -0.256. The van der Waals surface area contributed by atoms with Gasteiger partial charge in [-0.05, 0) is 43.7 Å². The van der Waals surface area contributed by atoms with Crippen molar-refractivity contribution in [3.05, 3.63) is 35.4 Å². The Morgan fingerprint density at radius 1 is 1.27 bits per heavy atom. The standard InChI is InChI=1S/C18H25NO3/c1-14-5-2-3-6-15(14)18(8-11-21-12-9-18)13-19-17(20)16-7-4-10-22-16/h2-3,5-6,16H,4,7-13H2,1H3,(H,19,20). The molecule has 3 rings (SSSR count). The predicted molar refractivity (Wildman–Crippen MR) is 84.9 cm³/mol. The summed E-state index contributed by atoms with van der Waals surface area (Å²) in [6, 6.07) is 8.49. The van der Waals surface area contributed by atoms with Crippen molar-refractivity contribution >= 4 is 5.91 Å². The monoisotopic (exact) mass is 303 g/mol. The summed E-state index contributed by atoms with van der Waals surface area (Å²) in [5, 5.41) is 3.14. The zero-order valence-corrected chi connectivity index (χ0v) is 13.3. The van der Waals surface area contributed by atoms with Crippen LogP contribution >= 0.6 is 0 Å². The average molecular weight is 303 g/mol. The van der Waals surface area contributed by atoms with Crippen molar-refractivity contribution in [3.63, 3.8) is 0 Å². The zero-order chi connectivity index (χ0) is 15.4. The van der Waals surface area contributed by atoms with Crippen LogP contribution in [0.1, 0.15) is 36.8 Å². The van der Waals surface area contributed by atoms with Crippen molar-refractivity contribution < 1.29 is 14.3 Å². The van der Waals surface area contributed by atoms with Crippen molar-refractivity contribution in [1.29, 1.82) is 0 Å². The van der Waals surface area contributed by atoms with Crippen LogP contribution in [0.2, 0.25) is 0 Å². The first-order valence-electron chi connectivity index (χ1n) is 8.24. The maximum atomic E-state index is 12.3. The van der Waals surface area contributed by atoms with Gasteiger partial charge >= 0.3 is 0 Å². The lowest BCUT2D eigenvalue weighted by Crippen LogP contribution is -2.47. The Bertz CT molecular complexity index is 517. The molecule has 2 saturated heterocycles. The Morgan fingerprint density at radius 2 is 2.05 bits per heavy atom. The van der Waals surface area contributed by atoms with Crippen LogP contribution < -0.4 is 5.32 Å². The fraction of sp³-hybridized carbons (Fsp3) is 0.611. The van der Waals surface area contributed by atoms with Crippen LogP contribution in [-0.2, 0) is 19.7 Å². The highest BCUT2D eigenvalue weighted by Gasteiger charge is 2.36. The van der Waals surface area contributed by atoms with Gasteiger partial charge in [0.25, 0.3) is 0 Å². The first-order chi connectivity index (χ1) is 10.7. The third-order valence-electron chi connectivity index (χ3n) is 4.99. The van der Waals surface area contributed by atoms with Crippen LogP contribution in [0.5, 0.6) is 0 Å². The molecule has 1 amide bonds. The van der Waals surface area contributed by atoms with E-state index in [2.05, 4.69) is 36.5 Å². The molecule has 1 atom stereocenters. The Morgan fingerprint density at radius 3 is 2.73 bits per heavy atom. The summed E-state index contributed by atoms with van der Waals surface area (Å²) in [6.07, 6.45) is 3.46.